The summed E-state index contributed by atoms with van der Waals surface area (Å²) in [6.45, 7) is 0.710. The minimum absolute atomic E-state index is 0.710. The number of nitrogens with two attached hydrogens (primary N) is 1. The SMILES string of the molecule is NCCCc1nnc(CCc2ccco2)s1. The predicted molar refractivity (Wildman–Crippen MR) is 63.4 cm³/mol. The van der Waals surface area contributed by atoms with E-state index in [4.69, 9.17) is 10.2 Å². The van der Waals surface area contributed by atoms with Crippen molar-refractivity contribution in [1.29, 1.82) is 0 Å². The first-order chi connectivity index (χ1) is 7.88. The minimum Gasteiger partial charge on any atom is -0.469 e. The first-order valence-electron chi connectivity index (χ1n) is 5.42. The van der Waals surface area contributed by atoms with Crippen LogP contribution >= 0.6 is 11.3 Å². The van der Waals surface area contributed by atoms with Gasteiger partial charge in [-0.1, -0.05) is 0 Å². The molecule has 2 N–H and O–H groups in total. The quantitative estimate of drug-likeness (QED) is 0.832. The van der Waals surface area contributed by atoms with Gasteiger partial charge in [0.15, 0.2) is 0 Å². The number of aryl methyl sites for hydroxylation is 3. The van der Waals surface area contributed by atoms with Gasteiger partial charge in [-0.15, -0.1) is 21.5 Å². The monoisotopic (exact) mass is 237 g/mol. The molecule has 0 amide bonds. The fourth-order valence-electron chi connectivity index (χ4n) is 1.43. The van der Waals surface area contributed by atoms with Crippen LogP contribution in [0.4, 0.5) is 0 Å². The van der Waals surface area contributed by atoms with E-state index in [1.54, 1.807) is 17.6 Å². The fourth-order valence-corrected chi connectivity index (χ4v) is 2.31. The van der Waals surface area contributed by atoms with E-state index >= 15 is 0 Å². The summed E-state index contributed by atoms with van der Waals surface area (Å²) in [5.41, 5.74) is 5.45. The third-order valence-corrected chi connectivity index (χ3v) is 3.31. The highest BCUT2D eigenvalue weighted by molar-refractivity contribution is 7.11. The molecule has 16 heavy (non-hydrogen) atoms. The van der Waals surface area contributed by atoms with Crippen molar-refractivity contribution < 1.29 is 4.42 Å². The lowest BCUT2D eigenvalue weighted by Crippen LogP contribution is -1.99. The number of hydrogen-bond donors (Lipinski definition) is 1. The summed E-state index contributed by atoms with van der Waals surface area (Å²) in [4.78, 5) is 0. The lowest BCUT2D eigenvalue weighted by Gasteiger charge is -1.92. The Hall–Kier alpha value is -1.20. The average molecular weight is 237 g/mol. The van der Waals surface area contributed by atoms with E-state index < -0.39 is 0 Å². The van der Waals surface area contributed by atoms with Gasteiger partial charge in [0.1, 0.15) is 15.8 Å². The van der Waals surface area contributed by atoms with Crippen LogP contribution in [0.25, 0.3) is 0 Å². The van der Waals surface area contributed by atoms with Crippen LogP contribution in [-0.4, -0.2) is 16.7 Å². The third kappa shape index (κ3) is 3.15. The zero-order chi connectivity index (χ0) is 11.2. The number of furan rings is 1. The molecule has 0 spiro atoms. The molecule has 0 fully saturated rings. The van der Waals surface area contributed by atoms with Crippen LogP contribution in [0.15, 0.2) is 22.8 Å². The summed E-state index contributed by atoms with van der Waals surface area (Å²) in [5.74, 6) is 0.999. The van der Waals surface area contributed by atoms with E-state index in [-0.39, 0.29) is 0 Å². The Balaban J connectivity index is 1.83. The van der Waals surface area contributed by atoms with E-state index in [1.807, 2.05) is 12.1 Å². The van der Waals surface area contributed by atoms with Crippen molar-refractivity contribution in [3.63, 3.8) is 0 Å². The summed E-state index contributed by atoms with van der Waals surface area (Å²) < 4.78 is 5.27. The van der Waals surface area contributed by atoms with E-state index in [1.165, 1.54) is 0 Å². The van der Waals surface area contributed by atoms with Crippen LogP contribution in [0.3, 0.4) is 0 Å². The molecule has 0 bridgehead atoms. The maximum Gasteiger partial charge on any atom is 0.117 e. The maximum atomic E-state index is 5.45. The largest absolute Gasteiger partial charge is 0.469 e. The van der Waals surface area contributed by atoms with Crippen molar-refractivity contribution >= 4 is 11.3 Å². The molecule has 0 saturated carbocycles. The molecule has 5 heteroatoms. The molecule has 0 aliphatic carbocycles. The molecule has 2 rings (SSSR count). The molecular formula is C11H15N3OS. The Kier molecular flexibility index (Phi) is 4.07. The highest BCUT2D eigenvalue weighted by Gasteiger charge is 2.05. The summed E-state index contributed by atoms with van der Waals surface area (Å²) in [6.07, 6.45) is 5.40. The summed E-state index contributed by atoms with van der Waals surface area (Å²) >= 11 is 1.68. The maximum absolute atomic E-state index is 5.45. The molecule has 0 aliphatic rings. The molecule has 4 nitrogen and oxygen atoms in total. The molecule has 0 saturated heterocycles. The van der Waals surface area contributed by atoms with Gasteiger partial charge in [0, 0.05) is 19.3 Å². The number of aromatic nitrogens is 2. The summed E-state index contributed by atoms with van der Waals surface area (Å²) in [5, 5.41) is 10.4. The van der Waals surface area contributed by atoms with E-state index in [0.29, 0.717) is 6.54 Å². The van der Waals surface area contributed by atoms with Gasteiger partial charge in [-0.3, -0.25) is 0 Å². The van der Waals surface area contributed by atoms with Gasteiger partial charge in [0.05, 0.1) is 6.26 Å². The van der Waals surface area contributed by atoms with E-state index in [0.717, 1.165) is 41.5 Å². The van der Waals surface area contributed by atoms with Gasteiger partial charge in [-0.2, -0.15) is 0 Å². The van der Waals surface area contributed by atoms with E-state index in [9.17, 15) is 0 Å². The van der Waals surface area contributed by atoms with Crippen molar-refractivity contribution in [3.8, 4) is 0 Å². The van der Waals surface area contributed by atoms with Crippen LogP contribution in [0.5, 0.6) is 0 Å². The molecule has 0 radical (unpaired) electrons. The highest BCUT2D eigenvalue weighted by atomic mass is 32.1. The molecule has 86 valence electrons. The lowest BCUT2D eigenvalue weighted by atomic mass is 10.2. The van der Waals surface area contributed by atoms with Gasteiger partial charge in [-0.05, 0) is 25.1 Å². The van der Waals surface area contributed by atoms with Crippen molar-refractivity contribution in [2.75, 3.05) is 6.54 Å². The Bertz CT molecular complexity index is 411. The second-order valence-corrected chi connectivity index (χ2v) is 4.71. The first-order valence-corrected chi connectivity index (χ1v) is 6.24. The number of nitrogens with zero attached hydrogens (tertiary/aromatic N) is 2. The van der Waals surface area contributed by atoms with Gasteiger partial charge >= 0.3 is 0 Å². The zero-order valence-corrected chi connectivity index (χ0v) is 9.87. The molecule has 2 aromatic rings. The van der Waals surface area contributed by atoms with Gasteiger partial charge in [0.2, 0.25) is 0 Å². The second-order valence-electron chi connectivity index (χ2n) is 3.56. The second kappa shape index (κ2) is 5.77. The van der Waals surface area contributed by atoms with Crippen LogP contribution < -0.4 is 5.73 Å². The third-order valence-electron chi connectivity index (χ3n) is 2.27. The zero-order valence-electron chi connectivity index (χ0n) is 9.06. The molecule has 2 aromatic heterocycles. The minimum atomic E-state index is 0.710. The molecule has 0 unspecified atom stereocenters. The molecule has 0 atom stereocenters. The Labute approximate surface area is 98.5 Å². The van der Waals surface area contributed by atoms with E-state index in [2.05, 4.69) is 10.2 Å². The van der Waals surface area contributed by atoms with Crippen LogP contribution in [0.2, 0.25) is 0 Å². The Morgan fingerprint density at radius 1 is 1.19 bits per heavy atom. The van der Waals surface area contributed by atoms with Crippen molar-refractivity contribution in [3.05, 3.63) is 34.2 Å². The van der Waals surface area contributed by atoms with Gasteiger partial charge < -0.3 is 10.2 Å². The standard InChI is InChI=1S/C11H15N3OS/c12-7-1-4-10-13-14-11(16-10)6-5-9-3-2-8-15-9/h2-3,8H,1,4-7,12H2. The number of hydrogen-bond acceptors (Lipinski definition) is 5. The average Bonchev–Trinajstić information content (AvgIpc) is 2.95. The van der Waals surface area contributed by atoms with Crippen LogP contribution in [-0.2, 0) is 19.3 Å². The van der Waals surface area contributed by atoms with Gasteiger partial charge in [-0.25, -0.2) is 0 Å². The molecule has 0 aromatic carbocycles. The molecule has 2 heterocycles. The fraction of sp³-hybridized carbons (Fsp3) is 0.455. The van der Waals surface area contributed by atoms with Crippen molar-refractivity contribution in [2.45, 2.75) is 25.7 Å². The summed E-state index contributed by atoms with van der Waals surface area (Å²) in [7, 11) is 0. The smallest absolute Gasteiger partial charge is 0.117 e. The lowest BCUT2D eigenvalue weighted by molar-refractivity contribution is 0.508. The Morgan fingerprint density at radius 3 is 2.69 bits per heavy atom. The summed E-state index contributed by atoms with van der Waals surface area (Å²) in [6, 6.07) is 3.89. The molecular weight excluding hydrogens is 222 g/mol. The number of rotatable bonds is 6. The van der Waals surface area contributed by atoms with Crippen molar-refractivity contribution in [2.24, 2.45) is 5.73 Å². The predicted octanol–water partition coefficient (Wildman–Crippen LogP) is 1.81. The van der Waals surface area contributed by atoms with Crippen LogP contribution in [0, 0.1) is 0 Å². The Morgan fingerprint density at radius 2 is 2.00 bits per heavy atom. The topological polar surface area (TPSA) is 64.9 Å². The first kappa shape index (κ1) is 11.3. The normalized spacial score (nSPS) is 10.8. The van der Waals surface area contributed by atoms with Crippen LogP contribution in [0.1, 0.15) is 22.2 Å². The van der Waals surface area contributed by atoms with Crippen molar-refractivity contribution in [1.82, 2.24) is 10.2 Å². The molecule has 0 aliphatic heterocycles. The van der Waals surface area contributed by atoms with Gasteiger partial charge in [0.25, 0.3) is 0 Å². The highest BCUT2D eigenvalue weighted by Crippen LogP contribution is 2.14.